The van der Waals surface area contributed by atoms with Crippen LogP contribution in [0.15, 0.2) is 32.6 Å². The molecule has 1 heterocycles. The minimum absolute atomic E-state index is 0.220. The Morgan fingerprint density at radius 1 is 1.56 bits per heavy atom. The van der Waals surface area contributed by atoms with Crippen molar-refractivity contribution in [3.05, 3.63) is 33.0 Å². The quantitative estimate of drug-likeness (QED) is 0.523. The van der Waals surface area contributed by atoms with Gasteiger partial charge < -0.3 is 5.84 Å². The molecule has 0 unspecified atom stereocenters. The standard InChI is InChI=1S/C10H10BrN3OS/c1-2-16-10-13-8-4-3-6(11)5-7(8)9(15)14(10)12/h3-5H,2,12H2,1H3. The van der Waals surface area contributed by atoms with Crippen molar-refractivity contribution in [1.29, 1.82) is 0 Å². The number of hydrogen-bond donors (Lipinski definition) is 1. The lowest BCUT2D eigenvalue weighted by atomic mass is 10.2. The molecule has 0 aliphatic heterocycles. The number of nitrogen functional groups attached to an aromatic ring is 1. The highest BCUT2D eigenvalue weighted by Crippen LogP contribution is 2.18. The van der Waals surface area contributed by atoms with Gasteiger partial charge in [-0.25, -0.2) is 9.66 Å². The maximum absolute atomic E-state index is 11.9. The number of nitrogens with zero attached hydrogens (tertiary/aromatic N) is 2. The first-order chi connectivity index (χ1) is 7.63. The molecule has 0 bridgehead atoms. The van der Waals surface area contributed by atoms with Gasteiger partial charge in [0.2, 0.25) is 0 Å². The topological polar surface area (TPSA) is 60.9 Å². The van der Waals surface area contributed by atoms with Gasteiger partial charge in [0.15, 0.2) is 5.16 Å². The Morgan fingerprint density at radius 2 is 2.31 bits per heavy atom. The molecule has 6 heteroatoms. The van der Waals surface area contributed by atoms with Gasteiger partial charge in [-0.3, -0.25) is 4.79 Å². The van der Waals surface area contributed by atoms with Crippen LogP contribution in [0.4, 0.5) is 0 Å². The number of halogens is 1. The van der Waals surface area contributed by atoms with Crippen molar-refractivity contribution in [2.24, 2.45) is 0 Å². The van der Waals surface area contributed by atoms with Crippen molar-refractivity contribution < 1.29 is 0 Å². The molecule has 2 aromatic rings. The third kappa shape index (κ3) is 1.94. The average Bonchev–Trinajstić information content (AvgIpc) is 2.27. The predicted octanol–water partition coefficient (Wildman–Crippen LogP) is 1.98. The Morgan fingerprint density at radius 3 is 3.00 bits per heavy atom. The maximum atomic E-state index is 11.9. The number of thioether (sulfide) groups is 1. The van der Waals surface area contributed by atoms with E-state index < -0.39 is 0 Å². The van der Waals surface area contributed by atoms with Gasteiger partial charge in [-0.05, 0) is 24.0 Å². The third-order valence-electron chi connectivity index (χ3n) is 2.10. The normalized spacial score (nSPS) is 10.9. The minimum Gasteiger partial charge on any atom is -0.334 e. The third-order valence-corrected chi connectivity index (χ3v) is 3.43. The highest BCUT2D eigenvalue weighted by molar-refractivity contribution is 9.10. The van der Waals surface area contributed by atoms with Crippen molar-refractivity contribution in [3.8, 4) is 0 Å². The van der Waals surface area contributed by atoms with Gasteiger partial charge in [0, 0.05) is 4.47 Å². The summed E-state index contributed by atoms with van der Waals surface area (Å²) in [5.41, 5.74) is 0.452. The molecule has 2 N–H and O–H groups in total. The van der Waals surface area contributed by atoms with E-state index in [1.165, 1.54) is 11.8 Å². The first-order valence-corrected chi connectivity index (χ1v) is 6.51. The maximum Gasteiger partial charge on any atom is 0.280 e. The number of fused-ring (bicyclic) bond motifs is 1. The molecule has 0 aliphatic rings. The van der Waals surface area contributed by atoms with Gasteiger partial charge in [0.05, 0.1) is 10.9 Å². The van der Waals surface area contributed by atoms with Crippen LogP contribution < -0.4 is 11.4 Å². The summed E-state index contributed by atoms with van der Waals surface area (Å²) < 4.78 is 1.94. The second-order valence-corrected chi connectivity index (χ2v) is 5.31. The van der Waals surface area contributed by atoms with Gasteiger partial charge in [0.1, 0.15) is 0 Å². The van der Waals surface area contributed by atoms with E-state index in [0.29, 0.717) is 16.1 Å². The van der Waals surface area contributed by atoms with Crippen molar-refractivity contribution in [3.63, 3.8) is 0 Å². The summed E-state index contributed by atoms with van der Waals surface area (Å²) >= 11 is 4.77. The molecule has 4 nitrogen and oxygen atoms in total. The van der Waals surface area contributed by atoms with Gasteiger partial charge in [-0.1, -0.05) is 34.6 Å². The smallest absolute Gasteiger partial charge is 0.280 e. The SMILES string of the molecule is CCSc1nc2ccc(Br)cc2c(=O)n1N. The Bertz CT molecular complexity index is 596. The zero-order chi connectivity index (χ0) is 11.7. The lowest BCUT2D eigenvalue weighted by Gasteiger charge is -2.07. The van der Waals surface area contributed by atoms with Crippen LogP contribution in [0, 0.1) is 0 Å². The summed E-state index contributed by atoms with van der Waals surface area (Å²) in [6, 6.07) is 5.39. The molecule has 16 heavy (non-hydrogen) atoms. The lowest BCUT2D eigenvalue weighted by Crippen LogP contribution is -2.29. The van der Waals surface area contributed by atoms with Crippen molar-refractivity contribution in [2.45, 2.75) is 12.1 Å². The summed E-state index contributed by atoms with van der Waals surface area (Å²) in [6.45, 7) is 1.99. The molecule has 0 atom stereocenters. The molecule has 0 spiro atoms. The van der Waals surface area contributed by atoms with Crippen LogP contribution in [-0.2, 0) is 0 Å². The number of aromatic nitrogens is 2. The number of rotatable bonds is 2. The highest BCUT2D eigenvalue weighted by Gasteiger charge is 2.08. The Kier molecular flexibility index (Phi) is 3.20. The molecule has 0 aliphatic carbocycles. The van der Waals surface area contributed by atoms with Gasteiger partial charge in [-0.2, -0.15) is 0 Å². The van der Waals surface area contributed by atoms with E-state index in [4.69, 9.17) is 5.84 Å². The fourth-order valence-corrected chi connectivity index (χ4v) is 2.39. The zero-order valence-electron chi connectivity index (χ0n) is 8.61. The van der Waals surface area contributed by atoms with Crippen molar-refractivity contribution in [1.82, 2.24) is 9.66 Å². The van der Waals surface area contributed by atoms with Crippen LogP contribution in [0.5, 0.6) is 0 Å². The molecule has 1 aromatic carbocycles. The van der Waals surface area contributed by atoms with E-state index in [9.17, 15) is 4.79 Å². The molecule has 0 amide bonds. The first-order valence-electron chi connectivity index (χ1n) is 4.73. The molecule has 0 saturated heterocycles. The van der Waals surface area contributed by atoms with E-state index in [1.54, 1.807) is 12.1 Å². The van der Waals surface area contributed by atoms with Crippen LogP contribution in [-0.4, -0.2) is 15.4 Å². The number of hydrogen-bond acceptors (Lipinski definition) is 4. The summed E-state index contributed by atoms with van der Waals surface area (Å²) in [4.78, 5) is 16.3. The van der Waals surface area contributed by atoms with Crippen molar-refractivity contribution in [2.75, 3.05) is 11.6 Å². The summed E-state index contributed by atoms with van der Waals surface area (Å²) in [6.07, 6.45) is 0. The molecule has 1 aromatic heterocycles. The van der Waals surface area contributed by atoms with E-state index in [0.717, 1.165) is 14.9 Å². The molecule has 84 valence electrons. The molecular weight excluding hydrogens is 290 g/mol. The number of benzene rings is 1. The fraction of sp³-hybridized carbons (Fsp3) is 0.200. The van der Waals surface area contributed by atoms with Gasteiger partial charge in [0.25, 0.3) is 5.56 Å². The van der Waals surface area contributed by atoms with Crippen LogP contribution in [0.2, 0.25) is 0 Å². The van der Waals surface area contributed by atoms with Crippen LogP contribution in [0.1, 0.15) is 6.92 Å². The lowest BCUT2D eigenvalue weighted by molar-refractivity contribution is 0.780. The Balaban J connectivity index is 2.78. The molecule has 0 fully saturated rings. The fourth-order valence-electron chi connectivity index (χ4n) is 1.38. The number of nitrogens with two attached hydrogens (primary N) is 1. The predicted molar refractivity (Wildman–Crippen MR) is 70.3 cm³/mol. The second kappa shape index (κ2) is 4.47. The summed E-state index contributed by atoms with van der Waals surface area (Å²) in [5.74, 6) is 6.52. The van der Waals surface area contributed by atoms with Gasteiger partial charge >= 0.3 is 0 Å². The molecule has 0 saturated carbocycles. The van der Waals surface area contributed by atoms with Crippen LogP contribution in [0.25, 0.3) is 10.9 Å². The molecule has 2 rings (SSSR count). The van der Waals surface area contributed by atoms with Crippen molar-refractivity contribution >= 4 is 38.6 Å². The molecule has 0 radical (unpaired) electrons. The minimum atomic E-state index is -0.220. The van der Waals surface area contributed by atoms with Gasteiger partial charge in [-0.15, -0.1) is 0 Å². The van der Waals surface area contributed by atoms with E-state index in [-0.39, 0.29) is 5.56 Å². The summed E-state index contributed by atoms with van der Waals surface area (Å²) in [5, 5.41) is 1.07. The highest BCUT2D eigenvalue weighted by atomic mass is 79.9. The molecular formula is C10H10BrN3OS. The van der Waals surface area contributed by atoms with E-state index in [1.807, 2.05) is 13.0 Å². The Hall–Kier alpha value is -1.01. The van der Waals surface area contributed by atoms with E-state index in [2.05, 4.69) is 20.9 Å². The van der Waals surface area contributed by atoms with E-state index >= 15 is 0 Å². The average molecular weight is 300 g/mol. The zero-order valence-corrected chi connectivity index (χ0v) is 11.0. The van der Waals surface area contributed by atoms with Crippen LogP contribution >= 0.6 is 27.7 Å². The monoisotopic (exact) mass is 299 g/mol. The first kappa shape index (κ1) is 11.5. The second-order valence-electron chi connectivity index (χ2n) is 3.16. The Labute approximate surface area is 105 Å². The summed E-state index contributed by atoms with van der Waals surface area (Å²) in [7, 11) is 0. The largest absolute Gasteiger partial charge is 0.334 e. The van der Waals surface area contributed by atoms with Crippen LogP contribution in [0.3, 0.4) is 0 Å².